The minimum atomic E-state index is 0.704. The van der Waals surface area contributed by atoms with Gasteiger partial charge in [0.1, 0.15) is 6.29 Å². The minimum Gasteiger partial charge on any atom is -0.298 e. The molecule has 0 amide bonds. The Morgan fingerprint density at radius 3 is 2.31 bits per heavy atom. The molecule has 0 aliphatic carbocycles. The number of hydrogen-bond donors (Lipinski definition) is 0. The summed E-state index contributed by atoms with van der Waals surface area (Å²) in [6.45, 7) is 2.00. The van der Waals surface area contributed by atoms with Crippen LogP contribution in [0.3, 0.4) is 0 Å². The summed E-state index contributed by atoms with van der Waals surface area (Å²) >= 11 is 5.84. The third-order valence-electron chi connectivity index (χ3n) is 2.54. The first kappa shape index (κ1) is 10.9. The van der Waals surface area contributed by atoms with E-state index in [4.69, 9.17) is 11.6 Å². The van der Waals surface area contributed by atoms with Gasteiger partial charge in [-0.2, -0.15) is 0 Å². The first-order chi connectivity index (χ1) is 7.70. The molecule has 2 aromatic carbocycles. The largest absolute Gasteiger partial charge is 0.298 e. The van der Waals surface area contributed by atoms with Gasteiger partial charge in [0.2, 0.25) is 0 Å². The van der Waals surface area contributed by atoms with E-state index in [2.05, 4.69) is 0 Å². The van der Waals surface area contributed by atoms with E-state index in [0.717, 1.165) is 28.0 Å². The molecule has 0 aliphatic heterocycles. The predicted octanol–water partition coefficient (Wildman–Crippen LogP) is 4.13. The van der Waals surface area contributed by atoms with Crippen molar-refractivity contribution in [2.75, 3.05) is 0 Å². The maximum atomic E-state index is 10.6. The van der Waals surface area contributed by atoms with Crippen LogP contribution < -0.4 is 0 Å². The van der Waals surface area contributed by atoms with Crippen LogP contribution in [0.5, 0.6) is 0 Å². The third-order valence-corrected chi connectivity index (χ3v) is 2.79. The van der Waals surface area contributed by atoms with Gasteiger partial charge < -0.3 is 0 Å². The number of carbonyl (C=O) groups is 1. The second kappa shape index (κ2) is 4.50. The van der Waals surface area contributed by atoms with Crippen LogP contribution in [-0.2, 0) is 0 Å². The van der Waals surface area contributed by atoms with Crippen molar-refractivity contribution >= 4 is 17.9 Å². The molecular formula is C14H11ClO. The minimum absolute atomic E-state index is 0.704. The summed E-state index contributed by atoms with van der Waals surface area (Å²) in [6, 6.07) is 13.4. The molecule has 0 bridgehead atoms. The molecule has 0 aliphatic rings. The van der Waals surface area contributed by atoms with E-state index in [-0.39, 0.29) is 0 Å². The fourth-order valence-electron chi connectivity index (χ4n) is 1.71. The number of halogens is 1. The fourth-order valence-corrected chi connectivity index (χ4v) is 1.84. The summed E-state index contributed by atoms with van der Waals surface area (Å²) in [5.74, 6) is 0. The molecule has 0 N–H and O–H groups in total. The Balaban J connectivity index is 2.48. The lowest BCUT2D eigenvalue weighted by Crippen LogP contribution is -1.86. The highest BCUT2D eigenvalue weighted by molar-refractivity contribution is 6.30. The van der Waals surface area contributed by atoms with Gasteiger partial charge in [0.25, 0.3) is 0 Å². The van der Waals surface area contributed by atoms with Gasteiger partial charge in [0.15, 0.2) is 0 Å². The van der Waals surface area contributed by atoms with Gasteiger partial charge in [-0.15, -0.1) is 0 Å². The van der Waals surface area contributed by atoms with Crippen LogP contribution in [0.4, 0.5) is 0 Å². The molecule has 0 saturated heterocycles. The van der Waals surface area contributed by atoms with Crippen molar-refractivity contribution in [1.82, 2.24) is 0 Å². The van der Waals surface area contributed by atoms with Gasteiger partial charge in [-0.25, -0.2) is 0 Å². The normalized spacial score (nSPS) is 10.1. The quantitative estimate of drug-likeness (QED) is 0.709. The van der Waals surface area contributed by atoms with E-state index in [9.17, 15) is 4.79 Å². The summed E-state index contributed by atoms with van der Waals surface area (Å²) in [4.78, 5) is 10.6. The lowest BCUT2D eigenvalue weighted by atomic mass is 9.99. The van der Waals surface area contributed by atoms with Crippen molar-refractivity contribution in [2.24, 2.45) is 0 Å². The van der Waals surface area contributed by atoms with Crippen LogP contribution in [0, 0.1) is 6.92 Å². The first-order valence-corrected chi connectivity index (χ1v) is 5.40. The lowest BCUT2D eigenvalue weighted by molar-refractivity contribution is 0.112. The molecule has 0 heterocycles. The van der Waals surface area contributed by atoms with Crippen LogP contribution in [0.2, 0.25) is 5.02 Å². The number of hydrogen-bond acceptors (Lipinski definition) is 1. The van der Waals surface area contributed by atoms with Crippen molar-refractivity contribution in [3.05, 3.63) is 58.6 Å². The van der Waals surface area contributed by atoms with Gasteiger partial charge in [0.05, 0.1) is 0 Å². The summed E-state index contributed by atoms with van der Waals surface area (Å²) in [7, 11) is 0. The van der Waals surface area contributed by atoms with E-state index in [1.54, 1.807) is 0 Å². The van der Waals surface area contributed by atoms with Crippen LogP contribution in [0.1, 0.15) is 15.9 Å². The number of rotatable bonds is 2. The molecule has 0 saturated carbocycles. The van der Waals surface area contributed by atoms with E-state index >= 15 is 0 Å². The number of aldehydes is 1. The molecule has 2 aromatic rings. The maximum Gasteiger partial charge on any atom is 0.150 e. The maximum absolute atomic E-state index is 10.6. The second-order valence-corrected chi connectivity index (χ2v) is 4.14. The molecule has 0 radical (unpaired) electrons. The highest BCUT2D eigenvalue weighted by atomic mass is 35.5. The fraction of sp³-hybridized carbons (Fsp3) is 0.0714. The van der Waals surface area contributed by atoms with E-state index in [0.29, 0.717) is 5.56 Å². The molecule has 80 valence electrons. The van der Waals surface area contributed by atoms with Crippen molar-refractivity contribution < 1.29 is 4.79 Å². The standard InChI is InChI=1S/C14H11ClO/c1-10-8-11(9-16)2-7-14(10)12-3-5-13(15)6-4-12/h2-9H,1H3. The van der Waals surface area contributed by atoms with Gasteiger partial charge in [0, 0.05) is 10.6 Å². The molecule has 0 aromatic heterocycles. The molecular weight excluding hydrogens is 220 g/mol. The molecule has 0 spiro atoms. The lowest BCUT2D eigenvalue weighted by Gasteiger charge is -2.06. The zero-order valence-electron chi connectivity index (χ0n) is 8.91. The first-order valence-electron chi connectivity index (χ1n) is 5.02. The van der Waals surface area contributed by atoms with Crippen LogP contribution in [0.25, 0.3) is 11.1 Å². The summed E-state index contributed by atoms with van der Waals surface area (Å²) in [6.07, 6.45) is 0.860. The van der Waals surface area contributed by atoms with E-state index < -0.39 is 0 Å². The highest BCUT2D eigenvalue weighted by Crippen LogP contribution is 2.25. The van der Waals surface area contributed by atoms with E-state index in [1.165, 1.54) is 0 Å². The molecule has 0 fully saturated rings. The van der Waals surface area contributed by atoms with Crippen molar-refractivity contribution in [3.8, 4) is 11.1 Å². The zero-order valence-corrected chi connectivity index (χ0v) is 9.66. The Kier molecular flexibility index (Phi) is 3.07. The van der Waals surface area contributed by atoms with Crippen molar-refractivity contribution in [1.29, 1.82) is 0 Å². The Hall–Kier alpha value is -1.60. The number of aryl methyl sites for hydroxylation is 1. The van der Waals surface area contributed by atoms with Crippen LogP contribution >= 0.6 is 11.6 Å². The van der Waals surface area contributed by atoms with E-state index in [1.807, 2.05) is 49.4 Å². The second-order valence-electron chi connectivity index (χ2n) is 3.70. The summed E-state index contributed by atoms with van der Waals surface area (Å²) < 4.78 is 0. The zero-order chi connectivity index (χ0) is 11.5. The summed E-state index contributed by atoms with van der Waals surface area (Å²) in [5.41, 5.74) is 4.03. The third kappa shape index (κ3) is 2.15. The Morgan fingerprint density at radius 2 is 1.75 bits per heavy atom. The van der Waals surface area contributed by atoms with Crippen LogP contribution in [-0.4, -0.2) is 6.29 Å². The molecule has 0 unspecified atom stereocenters. The molecule has 0 atom stereocenters. The number of benzene rings is 2. The molecule has 2 heteroatoms. The SMILES string of the molecule is Cc1cc(C=O)ccc1-c1ccc(Cl)cc1. The summed E-state index contributed by atoms with van der Waals surface area (Å²) in [5, 5.41) is 0.728. The topological polar surface area (TPSA) is 17.1 Å². The molecule has 2 rings (SSSR count). The Bertz CT molecular complexity index is 515. The Labute approximate surface area is 99.7 Å². The highest BCUT2D eigenvalue weighted by Gasteiger charge is 2.02. The molecule has 16 heavy (non-hydrogen) atoms. The monoisotopic (exact) mass is 230 g/mol. The van der Waals surface area contributed by atoms with Gasteiger partial charge in [-0.3, -0.25) is 4.79 Å². The van der Waals surface area contributed by atoms with Crippen LogP contribution in [0.15, 0.2) is 42.5 Å². The van der Waals surface area contributed by atoms with Crippen molar-refractivity contribution in [2.45, 2.75) is 6.92 Å². The number of carbonyl (C=O) groups excluding carboxylic acids is 1. The van der Waals surface area contributed by atoms with Gasteiger partial charge >= 0.3 is 0 Å². The van der Waals surface area contributed by atoms with Gasteiger partial charge in [-0.1, -0.05) is 35.9 Å². The van der Waals surface area contributed by atoms with Crippen molar-refractivity contribution in [3.63, 3.8) is 0 Å². The molecule has 1 nitrogen and oxygen atoms in total. The smallest absolute Gasteiger partial charge is 0.150 e. The Morgan fingerprint density at radius 1 is 1.06 bits per heavy atom. The predicted molar refractivity (Wildman–Crippen MR) is 67.0 cm³/mol. The average molecular weight is 231 g/mol. The average Bonchev–Trinajstić information content (AvgIpc) is 2.30. The van der Waals surface area contributed by atoms with Gasteiger partial charge in [-0.05, 0) is 41.8 Å².